The van der Waals surface area contributed by atoms with E-state index in [9.17, 15) is 9.59 Å². The van der Waals surface area contributed by atoms with Crippen LogP contribution < -0.4 is 5.32 Å². The zero-order chi connectivity index (χ0) is 17.8. The van der Waals surface area contributed by atoms with E-state index in [0.29, 0.717) is 24.5 Å². The molecule has 3 aromatic rings. The highest BCUT2D eigenvalue weighted by molar-refractivity contribution is 5.93. The normalized spacial score (nSPS) is 10.8. The molecule has 0 bridgehead atoms. The summed E-state index contributed by atoms with van der Waals surface area (Å²) in [5.41, 5.74) is 2.18. The lowest BCUT2D eigenvalue weighted by molar-refractivity contribution is -0.132. The molecular weight excluding hydrogens is 320 g/mol. The van der Waals surface area contributed by atoms with Crippen molar-refractivity contribution in [2.45, 2.75) is 20.3 Å². The summed E-state index contributed by atoms with van der Waals surface area (Å²) in [5.74, 6) is 0.509. The third-order valence-corrected chi connectivity index (χ3v) is 4.00. The van der Waals surface area contributed by atoms with Crippen LogP contribution in [0.5, 0.6) is 0 Å². The van der Waals surface area contributed by atoms with Gasteiger partial charge in [-0.25, -0.2) is 0 Å². The van der Waals surface area contributed by atoms with Gasteiger partial charge in [0, 0.05) is 36.6 Å². The number of carbonyl (C=O) groups is 2. The van der Waals surface area contributed by atoms with Gasteiger partial charge in [-0.15, -0.1) is 0 Å². The highest BCUT2D eigenvalue weighted by atomic mass is 16.5. The lowest BCUT2D eigenvalue weighted by Crippen LogP contribution is -2.38. The van der Waals surface area contributed by atoms with Gasteiger partial charge in [0.1, 0.15) is 5.76 Å². The predicted molar refractivity (Wildman–Crippen MR) is 94.1 cm³/mol. The first-order valence-electron chi connectivity index (χ1n) is 8.06. The SMILES string of the molecule is CC(=O)N(CCc1c[nH]c2ccccc12)CC(=O)Nc1cc(C)on1. The Bertz CT molecular complexity index is 897. The van der Waals surface area contributed by atoms with Crippen molar-refractivity contribution in [3.8, 4) is 0 Å². The number of aryl methyl sites for hydroxylation is 1. The minimum atomic E-state index is -0.303. The first-order chi connectivity index (χ1) is 12.0. The molecule has 0 saturated heterocycles. The molecule has 0 unspecified atom stereocenters. The van der Waals surface area contributed by atoms with Crippen molar-refractivity contribution in [1.29, 1.82) is 0 Å². The van der Waals surface area contributed by atoms with Gasteiger partial charge >= 0.3 is 0 Å². The van der Waals surface area contributed by atoms with E-state index in [-0.39, 0.29) is 18.4 Å². The highest BCUT2D eigenvalue weighted by Crippen LogP contribution is 2.18. The van der Waals surface area contributed by atoms with Crippen LogP contribution in [0.1, 0.15) is 18.2 Å². The standard InChI is InChI=1S/C18H20N4O3/c1-12-9-17(21-25-12)20-18(24)11-22(13(2)23)8-7-14-10-19-16-6-4-3-5-15(14)16/h3-6,9-10,19H,7-8,11H2,1-2H3,(H,20,21,24). The van der Waals surface area contributed by atoms with Gasteiger partial charge in [0.05, 0.1) is 6.54 Å². The third-order valence-electron chi connectivity index (χ3n) is 4.00. The number of amides is 2. The average molecular weight is 340 g/mol. The van der Waals surface area contributed by atoms with Crippen molar-refractivity contribution in [1.82, 2.24) is 15.0 Å². The van der Waals surface area contributed by atoms with Gasteiger partial charge in [-0.3, -0.25) is 9.59 Å². The molecular formula is C18H20N4O3. The zero-order valence-corrected chi connectivity index (χ0v) is 14.2. The molecule has 2 heterocycles. The Hall–Kier alpha value is -3.09. The van der Waals surface area contributed by atoms with Crippen LogP contribution in [0.2, 0.25) is 0 Å². The number of nitrogens with zero attached hydrogens (tertiary/aromatic N) is 2. The molecule has 0 aliphatic rings. The quantitative estimate of drug-likeness (QED) is 0.721. The molecule has 2 aromatic heterocycles. The Balaban J connectivity index is 1.61. The number of para-hydroxylation sites is 1. The molecule has 0 aliphatic heterocycles. The molecule has 2 N–H and O–H groups in total. The highest BCUT2D eigenvalue weighted by Gasteiger charge is 2.15. The number of hydrogen-bond donors (Lipinski definition) is 2. The second-order valence-corrected chi connectivity index (χ2v) is 5.92. The topological polar surface area (TPSA) is 91.2 Å². The summed E-state index contributed by atoms with van der Waals surface area (Å²) in [6.45, 7) is 3.64. The van der Waals surface area contributed by atoms with Gasteiger partial charge in [-0.1, -0.05) is 23.4 Å². The summed E-state index contributed by atoms with van der Waals surface area (Å²) < 4.78 is 4.91. The lowest BCUT2D eigenvalue weighted by Gasteiger charge is -2.20. The van der Waals surface area contributed by atoms with Gasteiger partial charge in [0.2, 0.25) is 11.8 Å². The number of hydrogen-bond acceptors (Lipinski definition) is 4. The Kier molecular flexibility index (Phi) is 4.83. The Morgan fingerprint density at radius 2 is 2.12 bits per heavy atom. The predicted octanol–water partition coefficient (Wildman–Crippen LogP) is 2.49. The van der Waals surface area contributed by atoms with Gasteiger partial charge in [0.15, 0.2) is 5.82 Å². The van der Waals surface area contributed by atoms with Gasteiger partial charge in [0.25, 0.3) is 0 Å². The van der Waals surface area contributed by atoms with E-state index in [2.05, 4.69) is 15.5 Å². The van der Waals surface area contributed by atoms with Crippen molar-refractivity contribution in [3.63, 3.8) is 0 Å². The minimum absolute atomic E-state index is 0.0242. The number of aromatic amines is 1. The van der Waals surface area contributed by atoms with Crippen LogP contribution in [0.25, 0.3) is 10.9 Å². The molecule has 1 aromatic carbocycles. The number of aromatic nitrogens is 2. The summed E-state index contributed by atoms with van der Waals surface area (Å²) in [5, 5.41) is 7.47. The minimum Gasteiger partial charge on any atom is -0.361 e. The smallest absolute Gasteiger partial charge is 0.245 e. The number of rotatable bonds is 6. The molecule has 2 amide bonds. The van der Waals surface area contributed by atoms with Gasteiger partial charge in [-0.05, 0) is 25.0 Å². The number of fused-ring (bicyclic) bond motifs is 1. The molecule has 130 valence electrons. The molecule has 7 nitrogen and oxygen atoms in total. The van der Waals surface area contributed by atoms with Gasteiger partial charge in [-0.2, -0.15) is 0 Å². The van der Waals surface area contributed by atoms with E-state index < -0.39 is 0 Å². The second kappa shape index (κ2) is 7.21. The summed E-state index contributed by atoms with van der Waals surface area (Å²) >= 11 is 0. The van der Waals surface area contributed by atoms with Crippen LogP contribution in [-0.4, -0.2) is 39.9 Å². The summed E-state index contributed by atoms with van der Waals surface area (Å²) in [4.78, 5) is 28.7. The van der Waals surface area contributed by atoms with Crippen molar-refractivity contribution in [3.05, 3.63) is 47.9 Å². The van der Waals surface area contributed by atoms with Crippen LogP contribution in [0.3, 0.4) is 0 Å². The summed E-state index contributed by atoms with van der Waals surface area (Å²) in [6, 6.07) is 9.63. The zero-order valence-electron chi connectivity index (χ0n) is 14.2. The maximum atomic E-state index is 12.1. The van der Waals surface area contributed by atoms with E-state index in [1.165, 1.54) is 11.8 Å². The molecule has 3 rings (SSSR count). The fraction of sp³-hybridized carbons (Fsp3) is 0.278. The number of carbonyl (C=O) groups excluding carboxylic acids is 2. The van der Waals surface area contributed by atoms with Crippen molar-refractivity contribution >= 4 is 28.5 Å². The molecule has 0 radical (unpaired) electrons. The van der Waals surface area contributed by atoms with Crippen LogP contribution in [0.4, 0.5) is 5.82 Å². The van der Waals surface area contributed by atoms with E-state index in [1.54, 1.807) is 13.0 Å². The fourth-order valence-electron chi connectivity index (χ4n) is 2.72. The summed E-state index contributed by atoms with van der Waals surface area (Å²) in [7, 11) is 0. The lowest BCUT2D eigenvalue weighted by atomic mass is 10.1. The monoisotopic (exact) mass is 340 g/mol. The van der Waals surface area contributed by atoms with Crippen molar-refractivity contribution in [2.75, 3.05) is 18.4 Å². The number of H-pyrrole nitrogens is 1. The Morgan fingerprint density at radius 3 is 2.84 bits per heavy atom. The van der Waals surface area contributed by atoms with E-state index in [0.717, 1.165) is 16.5 Å². The fourth-order valence-corrected chi connectivity index (χ4v) is 2.72. The number of nitrogens with one attached hydrogen (secondary N) is 2. The van der Waals surface area contributed by atoms with Crippen LogP contribution >= 0.6 is 0 Å². The first kappa shape index (κ1) is 16.8. The van der Waals surface area contributed by atoms with Crippen LogP contribution in [0.15, 0.2) is 41.1 Å². The average Bonchev–Trinajstić information content (AvgIpc) is 3.17. The molecule has 25 heavy (non-hydrogen) atoms. The number of benzene rings is 1. The molecule has 0 fully saturated rings. The van der Waals surface area contributed by atoms with E-state index >= 15 is 0 Å². The third kappa shape index (κ3) is 4.06. The first-order valence-corrected chi connectivity index (χ1v) is 8.06. The molecule has 0 spiro atoms. The van der Waals surface area contributed by atoms with Crippen molar-refractivity contribution in [2.24, 2.45) is 0 Å². The molecule has 0 atom stereocenters. The van der Waals surface area contributed by atoms with Crippen molar-refractivity contribution < 1.29 is 14.1 Å². The molecule has 0 aliphatic carbocycles. The largest absolute Gasteiger partial charge is 0.361 e. The second-order valence-electron chi connectivity index (χ2n) is 5.92. The van der Waals surface area contributed by atoms with Crippen LogP contribution in [-0.2, 0) is 16.0 Å². The Labute approximate surface area is 145 Å². The van der Waals surface area contributed by atoms with E-state index in [1.807, 2.05) is 30.5 Å². The van der Waals surface area contributed by atoms with E-state index in [4.69, 9.17) is 4.52 Å². The maximum Gasteiger partial charge on any atom is 0.245 e. The Morgan fingerprint density at radius 1 is 1.32 bits per heavy atom. The molecule has 0 saturated carbocycles. The van der Waals surface area contributed by atoms with Crippen LogP contribution in [0, 0.1) is 6.92 Å². The molecule has 7 heteroatoms. The summed E-state index contributed by atoms with van der Waals surface area (Å²) in [6.07, 6.45) is 2.61. The number of anilines is 1. The maximum absolute atomic E-state index is 12.1. The van der Waals surface area contributed by atoms with Gasteiger partial charge < -0.3 is 19.7 Å².